The van der Waals surface area contributed by atoms with Gasteiger partial charge in [0, 0.05) is 0 Å². The molecule has 2 aromatic carbocycles. The van der Waals surface area contributed by atoms with Crippen LogP contribution in [0.1, 0.15) is 89.0 Å². The first-order valence-electron chi connectivity index (χ1n) is 14.4. The number of rotatable bonds is 14. The average Bonchev–Trinajstić information content (AvgIpc) is 2.94. The maximum Gasteiger partial charge on any atom is 0.471 e. The third-order valence-electron chi connectivity index (χ3n) is 8.14. The van der Waals surface area contributed by atoms with Crippen LogP contribution in [0.25, 0.3) is 11.1 Å². The summed E-state index contributed by atoms with van der Waals surface area (Å²) >= 11 is 0. The van der Waals surface area contributed by atoms with Gasteiger partial charge in [-0.2, -0.15) is 48.3 Å². The van der Waals surface area contributed by atoms with Gasteiger partial charge < -0.3 is 4.74 Å². The van der Waals surface area contributed by atoms with E-state index in [0.29, 0.717) is 29.2 Å². The fraction of sp³-hybridized carbons (Fsp3) is 0.613. The summed E-state index contributed by atoms with van der Waals surface area (Å²) in [6.45, 7) is 2.20. The lowest BCUT2D eigenvalue weighted by Crippen LogP contribution is -2.67. The summed E-state index contributed by atoms with van der Waals surface area (Å²) in [7, 11) is 0. The summed E-state index contributed by atoms with van der Waals surface area (Å²) in [5, 5.41) is 0. The summed E-state index contributed by atoms with van der Waals surface area (Å²) in [6.07, 6.45) is -0.281. The van der Waals surface area contributed by atoms with E-state index in [-0.39, 0.29) is 0 Å². The first-order valence-corrected chi connectivity index (χ1v) is 14.4. The van der Waals surface area contributed by atoms with Gasteiger partial charge in [-0.05, 0) is 66.3 Å². The highest BCUT2D eigenvalue weighted by Gasteiger charge is 2.88. The van der Waals surface area contributed by atoms with Gasteiger partial charge in [0.25, 0.3) is 0 Å². The molecule has 0 bridgehead atoms. The molecule has 1 nitrogen and oxygen atoms in total. The second-order valence-electron chi connectivity index (χ2n) is 11.3. The van der Waals surface area contributed by atoms with Gasteiger partial charge >= 0.3 is 30.1 Å². The quantitative estimate of drug-likeness (QED) is 0.149. The molecule has 0 radical (unpaired) electrons. The monoisotopic (exact) mass is 632 g/mol. The van der Waals surface area contributed by atoms with Crippen LogP contribution in [0.2, 0.25) is 0 Å². The topological polar surface area (TPSA) is 9.23 Å². The van der Waals surface area contributed by atoms with Crippen molar-refractivity contribution in [3.8, 4) is 16.9 Å². The molecule has 242 valence electrons. The summed E-state index contributed by atoms with van der Waals surface area (Å²) in [4.78, 5) is 0. The molecule has 0 N–H and O–H groups in total. The van der Waals surface area contributed by atoms with Crippen molar-refractivity contribution in [3.63, 3.8) is 0 Å². The molecule has 1 fully saturated rings. The van der Waals surface area contributed by atoms with E-state index in [0.717, 1.165) is 49.3 Å². The first-order chi connectivity index (χ1) is 19.9. The summed E-state index contributed by atoms with van der Waals surface area (Å²) < 4.78 is 149. The number of hydrogen-bond acceptors (Lipinski definition) is 1. The second-order valence-corrected chi connectivity index (χ2v) is 11.3. The minimum Gasteiger partial charge on any atom is -0.428 e. The third-order valence-corrected chi connectivity index (χ3v) is 8.14. The van der Waals surface area contributed by atoms with E-state index in [4.69, 9.17) is 0 Å². The van der Waals surface area contributed by atoms with E-state index >= 15 is 0 Å². The van der Waals surface area contributed by atoms with Crippen LogP contribution in [0.3, 0.4) is 0 Å². The van der Waals surface area contributed by atoms with Crippen molar-refractivity contribution in [1.29, 1.82) is 0 Å². The molecule has 0 spiro atoms. The van der Waals surface area contributed by atoms with E-state index in [1.165, 1.54) is 44.9 Å². The molecule has 0 atom stereocenters. The van der Waals surface area contributed by atoms with E-state index in [1.807, 2.05) is 12.1 Å². The van der Waals surface area contributed by atoms with Gasteiger partial charge in [-0.3, -0.25) is 0 Å². The molecular formula is C31H35F11O. The summed E-state index contributed by atoms with van der Waals surface area (Å²) in [6, 6.07) is 11.1. The normalized spacial score (nSPS) is 19.0. The number of halogens is 11. The molecule has 0 aliphatic heterocycles. The minimum atomic E-state index is -7.52. The zero-order chi connectivity index (χ0) is 32.1. The van der Waals surface area contributed by atoms with Gasteiger partial charge in [0.05, 0.1) is 0 Å². The Balaban J connectivity index is 1.58. The summed E-state index contributed by atoms with van der Waals surface area (Å²) in [5.41, 5.74) is 2.16. The maximum absolute atomic E-state index is 13.9. The molecule has 1 aliphatic rings. The third kappa shape index (κ3) is 7.77. The first kappa shape index (κ1) is 35.0. The van der Waals surface area contributed by atoms with Gasteiger partial charge in [0.15, 0.2) is 0 Å². The largest absolute Gasteiger partial charge is 0.471 e. The standard InChI is InChI=1S/C31H35F11O/c1-2-3-4-5-6-7-8-21-9-11-22(12-10-21)23-13-15-24(16-14-23)25-17-19-26(20-18-25)43-31(41,42)29(36,37)27(32,33)28(34,35)30(38,39)40/h13-22H,2-12H2,1H3. The number of ether oxygens (including phenoxy) is 1. The average molecular weight is 633 g/mol. The zero-order valence-corrected chi connectivity index (χ0v) is 23.6. The van der Waals surface area contributed by atoms with Crippen LogP contribution in [0.4, 0.5) is 48.3 Å². The van der Waals surface area contributed by atoms with Crippen LogP contribution in [-0.2, 0) is 0 Å². The van der Waals surface area contributed by atoms with Gasteiger partial charge in [0.1, 0.15) is 5.75 Å². The lowest BCUT2D eigenvalue weighted by Gasteiger charge is -2.36. The Morgan fingerprint density at radius 1 is 0.581 bits per heavy atom. The Morgan fingerprint density at radius 3 is 1.58 bits per heavy atom. The Bertz CT molecular complexity index is 1130. The smallest absolute Gasteiger partial charge is 0.428 e. The molecule has 0 heterocycles. The van der Waals surface area contributed by atoms with Crippen molar-refractivity contribution in [1.82, 2.24) is 0 Å². The van der Waals surface area contributed by atoms with Crippen molar-refractivity contribution in [3.05, 3.63) is 54.1 Å². The number of benzene rings is 2. The van der Waals surface area contributed by atoms with Crippen molar-refractivity contribution < 1.29 is 53.0 Å². The van der Waals surface area contributed by atoms with E-state index < -0.39 is 35.8 Å². The molecule has 0 unspecified atom stereocenters. The number of alkyl halides is 11. The fourth-order valence-corrected chi connectivity index (χ4v) is 5.43. The highest BCUT2D eigenvalue weighted by atomic mass is 19.4. The van der Waals surface area contributed by atoms with Crippen LogP contribution in [0.5, 0.6) is 5.75 Å². The number of unbranched alkanes of at least 4 members (excludes halogenated alkanes) is 5. The molecule has 0 amide bonds. The van der Waals surface area contributed by atoms with E-state index in [1.54, 1.807) is 12.1 Å². The summed E-state index contributed by atoms with van der Waals surface area (Å²) in [5.74, 6) is -22.2. The molecule has 0 aromatic heterocycles. The SMILES string of the molecule is CCCCCCCCC1CCC(c2ccc(-c3ccc(OC(F)(F)C(F)(F)C(F)(F)C(F)(F)C(F)(F)F)cc3)cc2)CC1. The zero-order valence-electron chi connectivity index (χ0n) is 23.6. The van der Waals surface area contributed by atoms with Crippen molar-refractivity contribution in [2.75, 3.05) is 0 Å². The maximum atomic E-state index is 13.9. The van der Waals surface area contributed by atoms with Crippen molar-refractivity contribution in [2.45, 2.75) is 114 Å². The predicted molar refractivity (Wildman–Crippen MR) is 141 cm³/mol. The Morgan fingerprint density at radius 2 is 1.07 bits per heavy atom. The molecule has 43 heavy (non-hydrogen) atoms. The van der Waals surface area contributed by atoms with Crippen LogP contribution in [-0.4, -0.2) is 30.1 Å². The molecule has 1 aliphatic carbocycles. The molecule has 0 saturated heterocycles. The molecule has 3 rings (SSSR count). The van der Waals surface area contributed by atoms with Crippen LogP contribution in [0.15, 0.2) is 48.5 Å². The fourth-order valence-electron chi connectivity index (χ4n) is 5.43. The number of hydrogen-bond donors (Lipinski definition) is 0. The molecule has 12 heteroatoms. The van der Waals surface area contributed by atoms with Gasteiger partial charge in [0.2, 0.25) is 0 Å². The van der Waals surface area contributed by atoms with Gasteiger partial charge in [-0.1, -0.05) is 88.3 Å². The minimum absolute atomic E-state index is 0.400. The second kappa shape index (κ2) is 13.6. The van der Waals surface area contributed by atoms with Crippen LogP contribution >= 0.6 is 0 Å². The lowest BCUT2D eigenvalue weighted by atomic mass is 9.77. The Kier molecular flexibility index (Phi) is 11.1. The van der Waals surface area contributed by atoms with Crippen molar-refractivity contribution >= 4 is 0 Å². The molecule has 1 saturated carbocycles. The highest BCUT2D eigenvalue weighted by Crippen LogP contribution is 2.57. The van der Waals surface area contributed by atoms with Gasteiger partial charge in [-0.15, -0.1) is 0 Å². The van der Waals surface area contributed by atoms with Crippen molar-refractivity contribution in [2.24, 2.45) is 5.92 Å². The van der Waals surface area contributed by atoms with E-state index in [2.05, 4.69) is 11.7 Å². The predicted octanol–water partition coefficient (Wildman–Crippen LogP) is 11.8. The Hall–Kier alpha value is -2.53. The van der Waals surface area contributed by atoms with E-state index in [9.17, 15) is 48.3 Å². The van der Waals surface area contributed by atoms with Crippen LogP contribution < -0.4 is 4.74 Å². The highest BCUT2D eigenvalue weighted by molar-refractivity contribution is 5.64. The lowest BCUT2D eigenvalue weighted by molar-refractivity contribution is -0.445. The molecular weight excluding hydrogens is 597 g/mol. The van der Waals surface area contributed by atoms with Crippen LogP contribution in [0, 0.1) is 5.92 Å². The molecule has 2 aromatic rings. The van der Waals surface area contributed by atoms with Gasteiger partial charge in [-0.25, -0.2) is 0 Å². The Labute approximate surface area is 243 Å².